The van der Waals surface area contributed by atoms with Gasteiger partial charge < -0.3 is 14.4 Å². The molecule has 37 heavy (non-hydrogen) atoms. The lowest BCUT2D eigenvalue weighted by atomic mass is 10.00. The highest BCUT2D eigenvalue weighted by Crippen LogP contribution is 2.41. The first kappa shape index (κ1) is 24.3. The van der Waals surface area contributed by atoms with Gasteiger partial charge in [0.15, 0.2) is 0 Å². The summed E-state index contributed by atoms with van der Waals surface area (Å²) in [6, 6.07) is 6.61. The van der Waals surface area contributed by atoms with Crippen molar-refractivity contribution in [2.75, 3.05) is 0 Å². The predicted molar refractivity (Wildman–Crippen MR) is 128 cm³/mol. The van der Waals surface area contributed by atoms with E-state index >= 15 is 0 Å². The zero-order chi connectivity index (χ0) is 26.5. The van der Waals surface area contributed by atoms with Crippen molar-refractivity contribution in [1.82, 2.24) is 19.7 Å². The van der Waals surface area contributed by atoms with Crippen molar-refractivity contribution in [3.8, 4) is 33.7 Å². The number of aromatic nitrogens is 4. The summed E-state index contributed by atoms with van der Waals surface area (Å²) in [6.45, 7) is 3.50. The Bertz CT molecular complexity index is 1660. The molecule has 0 saturated carbocycles. The molecule has 0 aliphatic carbocycles. The molecule has 0 fully saturated rings. The minimum absolute atomic E-state index is 0.00352. The third-order valence-electron chi connectivity index (χ3n) is 5.72. The summed E-state index contributed by atoms with van der Waals surface area (Å²) in [5, 5.41) is 14.1. The SMILES string of the molecule is Cc1noc(C)c1-c1cnc2c(c1)c(-c1ccc(C(=O)O)cc1OC(F)(F)F)cn2-c1cnccc1Cl. The van der Waals surface area contributed by atoms with E-state index in [0.717, 1.165) is 6.07 Å². The minimum atomic E-state index is -5.06. The Hall–Kier alpha value is -4.38. The predicted octanol–water partition coefficient (Wildman–Crippen LogP) is 6.61. The third kappa shape index (κ3) is 4.49. The molecule has 0 aliphatic heterocycles. The van der Waals surface area contributed by atoms with Gasteiger partial charge in [-0.05, 0) is 44.2 Å². The molecule has 8 nitrogen and oxygen atoms in total. The van der Waals surface area contributed by atoms with E-state index < -0.39 is 18.1 Å². The third-order valence-corrected chi connectivity index (χ3v) is 6.04. The van der Waals surface area contributed by atoms with Gasteiger partial charge in [-0.2, -0.15) is 0 Å². The number of halogens is 4. The number of pyridine rings is 2. The van der Waals surface area contributed by atoms with Crippen LogP contribution in [0.25, 0.3) is 39.0 Å². The number of alkyl halides is 3. The average Bonchev–Trinajstić information content (AvgIpc) is 3.37. The maximum atomic E-state index is 13.3. The summed E-state index contributed by atoms with van der Waals surface area (Å²) < 4.78 is 51.1. The molecule has 0 aliphatic rings. The Labute approximate surface area is 211 Å². The number of benzene rings is 1. The van der Waals surface area contributed by atoms with Crippen LogP contribution in [-0.4, -0.2) is 37.1 Å². The van der Waals surface area contributed by atoms with Gasteiger partial charge in [-0.25, -0.2) is 9.78 Å². The second-order valence-electron chi connectivity index (χ2n) is 8.10. The molecular weight excluding hydrogens is 513 g/mol. The molecule has 1 aromatic carbocycles. The van der Waals surface area contributed by atoms with Crippen molar-refractivity contribution in [3.05, 3.63) is 77.2 Å². The Morgan fingerprint density at radius 2 is 1.92 bits per heavy atom. The van der Waals surface area contributed by atoms with Gasteiger partial charge in [-0.3, -0.25) is 9.55 Å². The maximum Gasteiger partial charge on any atom is 0.573 e. The zero-order valence-corrected chi connectivity index (χ0v) is 19.9. The smallest absolute Gasteiger partial charge is 0.478 e. The number of hydrogen-bond acceptors (Lipinski definition) is 6. The number of rotatable bonds is 5. The largest absolute Gasteiger partial charge is 0.573 e. The van der Waals surface area contributed by atoms with Crippen molar-refractivity contribution in [2.45, 2.75) is 20.2 Å². The summed E-state index contributed by atoms with van der Waals surface area (Å²) in [5.74, 6) is -1.53. The van der Waals surface area contributed by atoms with Crippen LogP contribution in [0.4, 0.5) is 13.2 Å². The van der Waals surface area contributed by atoms with Gasteiger partial charge in [0.05, 0.1) is 28.2 Å². The number of carboxylic acid groups (broad SMARTS) is 1. The molecule has 0 spiro atoms. The second-order valence-corrected chi connectivity index (χ2v) is 8.51. The maximum absolute atomic E-state index is 13.3. The molecule has 12 heteroatoms. The van der Waals surface area contributed by atoms with Crippen LogP contribution in [0.5, 0.6) is 5.75 Å². The van der Waals surface area contributed by atoms with Gasteiger partial charge in [-0.1, -0.05) is 16.8 Å². The van der Waals surface area contributed by atoms with Crippen LogP contribution in [0.1, 0.15) is 21.8 Å². The Morgan fingerprint density at radius 3 is 2.57 bits per heavy atom. The van der Waals surface area contributed by atoms with E-state index in [2.05, 4.69) is 19.9 Å². The van der Waals surface area contributed by atoms with E-state index in [4.69, 9.17) is 16.1 Å². The van der Waals surface area contributed by atoms with Crippen molar-refractivity contribution in [2.24, 2.45) is 0 Å². The van der Waals surface area contributed by atoms with Crippen molar-refractivity contribution >= 4 is 28.6 Å². The molecule has 0 radical (unpaired) electrons. The highest BCUT2D eigenvalue weighted by molar-refractivity contribution is 6.32. The standard InChI is InChI=1S/C25H16ClF3N4O4/c1-12-22(13(2)37-32-12)15-7-17-18(11-33(23(17)31-9-15)20-10-30-6-5-19(20)26)16-4-3-14(24(34)35)8-21(16)36-25(27,28)29/h3-11H,1-2H3,(H,34,35). The molecule has 4 aromatic heterocycles. The van der Waals surface area contributed by atoms with Crippen LogP contribution in [-0.2, 0) is 0 Å². The molecule has 4 heterocycles. The molecule has 0 bridgehead atoms. The van der Waals surface area contributed by atoms with E-state index in [-0.39, 0.29) is 11.1 Å². The van der Waals surface area contributed by atoms with E-state index in [1.54, 1.807) is 42.9 Å². The number of hydrogen-bond donors (Lipinski definition) is 1. The number of nitrogens with zero attached hydrogens (tertiary/aromatic N) is 4. The zero-order valence-electron chi connectivity index (χ0n) is 19.2. The summed E-state index contributed by atoms with van der Waals surface area (Å²) in [5.41, 5.74) is 2.69. The highest BCUT2D eigenvalue weighted by Gasteiger charge is 2.33. The first-order chi connectivity index (χ1) is 17.5. The van der Waals surface area contributed by atoms with Gasteiger partial charge in [0, 0.05) is 46.2 Å². The van der Waals surface area contributed by atoms with E-state index in [9.17, 15) is 23.1 Å². The van der Waals surface area contributed by atoms with Crippen LogP contribution in [0.2, 0.25) is 5.02 Å². The molecular formula is C25H16ClF3N4O4. The van der Waals surface area contributed by atoms with Crippen LogP contribution in [0.15, 0.2) is 59.6 Å². The number of fused-ring (bicyclic) bond motifs is 1. The van der Waals surface area contributed by atoms with Crippen molar-refractivity contribution in [3.63, 3.8) is 0 Å². The molecule has 0 atom stereocenters. The Morgan fingerprint density at radius 1 is 1.14 bits per heavy atom. The van der Waals surface area contributed by atoms with Gasteiger partial charge in [0.25, 0.3) is 0 Å². The van der Waals surface area contributed by atoms with Crippen LogP contribution in [0, 0.1) is 13.8 Å². The monoisotopic (exact) mass is 528 g/mol. The lowest BCUT2D eigenvalue weighted by Crippen LogP contribution is -2.18. The summed E-state index contributed by atoms with van der Waals surface area (Å²) >= 11 is 6.39. The molecule has 188 valence electrons. The number of carboxylic acids is 1. The topological polar surface area (TPSA) is 103 Å². The van der Waals surface area contributed by atoms with Crippen LogP contribution >= 0.6 is 11.6 Å². The van der Waals surface area contributed by atoms with E-state index in [0.29, 0.717) is 49.9 Å². The average molecular weight is 529 g/mol. The summed E-state index contributed by atoms with van der Waals surface area (Å²) in [7, 11) is 0. The number of aromatic carboxylic acids is 1. The number of carbonyl (C=O) groups is 1. The second kappa shape index (κ2) is 8.93. The van der Waals surface area contributed by atoms with Crippen LogP contribution < -0.4 is 4.74 Å². The first-order valence-corrected chi connectivity index (χ1v) is 11.1. The summed E-state index contributed by atoms with van der Waals surface area (Å²) in [6.07, 6.45) is 1.09. The molecule has 0 amide bonds. The minimum Gasteiger partial charge on any atom is -0.478 e. The fourth-order valence-electron chi connectivity index (χ4n) is 4.17. The quantitative estimate of drug-likeness (QED) is 0.274. The summed E-state index contributed by atoms with van der Waals surface area (Å²) in [4.78, 5) is 20.1. The first-order valence-electron chi connectivity index (χ1n) is 10.7. The Balaban J connectivity index is 1.83. The van der Waals surface area contributed by atoms with E-state index in [1.807, 2.05) is 0 Å². The number of ether oxygens (including phenoxy) is 1. The van der Waals surface area contributed by atoms with Crippen LogP contribution in [0.3, 0.4) is 0 Å². The Kier molecular flexibility index (Phi) is 5.87. The lowest BCUT2D eigenvalue weighted by Gasteiger charge is -2.14. The molecule has 0 unspecified atom stereocenters. The van der Waals surface area contributed by atoms with Gasteiger partial charge >= 0.3 is 12.3 Å². The molecule has 0 saturated heterocycles. The van der Waals surface area contributed by atoms with Crippen molar-refractivity contribution in [1.29, 1.82) is 0 Å². The fourth-order valence-corrected chi connectivity index (χ4v) is 4.37. The highest BCUT2D eigenvalue weighted by atomic mass is 35.5. The van der Waals surface area contributed by atoms with Gasteiger partial charge in [0.2, 0.25) is 0 Å². The van der Waals surface area contributed by atoms with Gasteiger partial charge in [0.1, 0.15) is 17.2 Å². The normalized spacial score (nSPS) is 11.7. The molecule has 1 N–H and O–H groups in total. The van der Waals surface area contributed by atoms with Crippen molar-refractivity contribution < 1.29 is 32.3 Å². The lowest BCUT2D eigenvalue weighted by molar-refractivity contribution is -0.274. The fraction of sp³-hybridized carbons (Fsp3) is 0.120. The van der Waals surface area contributed by atoms with Gasteiger partial charge in [-0.15, -0.1) is 13.2 Å². The molecule has 5 rings (SSSR count). The molecule has 5 aromatic rings. The van der Waals surface area contributed by atoms with E-state index in [1.165, 1.54) is 24.5 Å². The number of aryl methyl sites for hydroxylation is 2.